The third kappa shape index (κ3) is 99.2. The van der Waals surface area contributed by atoms with Crippen LogP contribution in [0.4, 0.5) is 0 Å². The van der Waals surface area contributed by atoms with Gasteiger partial charge >= 0.3 is 32.1 Å². The standard InChI is InChI=1S/Al.Mg.H4O4Si.Zn.5H/c;;1-5(2,3)4;;;;;;/h;;1-4H;;;;;;/q;+2;;;;;;2*-1. The summed E-state index contributed by atoms with van der Waals surface area (Å²) in [6.45, 7) is 0. The van der Waals surface area contributed by atoms with Crippen LogP contribution in [0.2, 0.25) is 0 Å². The van der Waals surface area contributed by atoms with Crippen LogP contribution < -0.4 is 0 Å². The number of hydrogen-bond acceptors (Lipinski definition) is 4. The molecule has 0 bridgehead atoms. The van der Waals surface area contributed by atoms with Crippen LogP contribution in [0.15, 0.2) is 0 Å². The third-order valence-corrected chi connectivity index (χ3v) is 0. The van der Waals surface area contributed by atoms with Crippen LogP contribution in [-0.2, 0) is 19.5 Å². The Hall–Kier alpha value is 1.98. The molecule has 0 radical (unpaired) electrons. The van der Waals surface area contributed by atoms with Gasteiger partial charge in [0, 0.05) is 19.5 Å². The minimum absolute atomic E-state index is 0. The molecule has 8 heteroatoms. The average Bonchev–Trinajstić information content (AvgIpc) is 0.722. The predicted molar refractivity (Wildman–Crippen MR) is 32.5 cm³/mol. The molecule has 0 heterocycles. The van der Waals surface area contributed by atoms with E-state index in [1.165, 1.54) is 0 Å². The summed E-state index contributed by atoms with van der Waals surface area (Å²) in [7, 11) is -4.61. The number of hydrogen-bond donors (Lipinski definition) is 4. The zero-order valence-electron chi connectivity index (χ0n) is 5.70. The van der Waals surface area contributed by atoms with E-state index in [0.717, 1.165) is 0 Å². The monoisotopic (exact) mass is 216 g/mol. The van der Waals surface area contributed by atoms with Gasteiger partial charge in [-0.3, -0.25) is 0 Å². The topological polar surface area (TPSA) is 80.9 Å². The molecule has 0 saturated heterocycles. The van der Waals surface area contributed by atoms with E-state index in [1.807, 2.05) is 0 Å². The van der Waals surface area contributed by atoms with Crippen LogP contribution in [0.25, 0.3) is 0 Å². The van der Waals surface area contributed by atoms with Crippen molar-refractivity contribution >= 4 is 49.5 Å². The summed E-state index contributed by atoms with van der Waals surface area (Å²) in [5, 5.41) is 0. The maximum absolute atomic E-state index is 7.33. The summed E-state index contributed by atoms with van der Waals surface area (Å²) in [6.07, 6.45) is 0. The molecule has 0 aliphatic rings. The molecule has 0 unspecified atom stereocenters. The maximum Gasteiger partial charge on any atom is 2.00 e. The van der Waals surface area contributed by atoms with E-state index >= 15 is 0 Å². The van der Waals surface area contributed by atoms with Crippen molar-refractivity contribution in [2.45, 2.75) is 0 Å². The van der Waals surface area contributed by atoms with Crippen molar-refractivity contribution in [2.24, 2.45) is 0 Å². The molecular weight excluding hydrogens is 209 g/mol. The van der Waals surface area contributed by atoms with E-state index in [2.05, 4.69) is 0 Å². The molecule has 0 amide bonds. The molecular formula is H9AlMgO4SiZn. The van der Waals surface area contributed by atoms with Crippen LogP contribution >= 0.6 is 0 Å². The van der Waals surface area contributed by atoms with Crippen molar-refractivity contribution in [2.75, 3.05) is 0 Å². The summed E-state index contributed by atoms with van der Waals surface area (Å²) in [5.41, 5.74) is 0. The number of rotatable bonds is 0. The molecule has 0 aromatic carbocycles. The second-order valence-electron chi connectivity index (χ2n) is 0.600. The fourth-order valence-electron chi connectivity index (χ4n) is 0. The molecule has 0 spiro atoms. The zero-order chi connectivity index (χ0) is 4.50. The van der Waals surface area contributed by atoms with Crippen molar-refractivity contribution in [1.82, 2.24) is 0 Å². The molecule has 0 atom stereocenters. The van der Waals surface area contributed by atoms with E-state index in [1.54, 1.807) is 0 Å². The Morgan fingerprint density at radius 2 is 1.00 bits per heavy atom. The molecule has 0 saturated carbocycles. The fraction of sp³-hybridized carbons (Fsp3) is 0. The summed E-state index contributed by atoms with van der Waals surface area (Å²) >= 11 is 0. The Morgan fingerprint density at radius 1 is 1.00 bits per heavy atom. The fourth-order valence-corrected chi connectivity index (χ4v) is 0. The molecule has 8 heavy (non-hydrogen) atoms. The minimum atomic E-state index is -4.61. The molecule has 44 valence electrons. The molecule has 4 nitrogen and oxygen atoms in total. The Labute approximate surface area is 90.4 Å². The molecule has 0 aliphatic heterocycles. The largest absolute Gasteiger partial charge is 2.00 e. The first-order valence-electron chi connectivity index (χ1n) is 0.894. The van der Waals surface area contributed by atoms with Gasteiger partial charge in [-0.1, -0.05) is 0 Å². The summed E-state index contributed by atoms with van der Waals surface area (Å²) in [6, 6.07) is 0. The average molecular weight is 218 g/mol. The Kier molecular flexibility index (Phi) is 25.3. The van der Waals surface area contributed by atoms with E-state index in [4.69, 9.17) is 19.2 Å². The summed E-state index contributed by atoms with van der Waals surface area (Å²) in [4.78, 5) is 29.3. The molecule has 0 rings (SSSR count). The first kappa shape index (κ1) is 22.5. The maximum atomic E-state index is 7.33. The van der Waals surface area contributed by atoms with E-state index < -0.39 is 9.05 Å². The summed E-state index contributed by atoms with van der Waals surface area (Å²) in [5.74, 6) is 0. The van der Waals surface area contributed by atoms with Crippen molar-refractivity contribution < 1.29 is 41.5 Å². The van der Waals surface area contributed by atoms with Gasteiger partial charge in [0.15, 0.2) is 17.4 Å². The van der Waals surface area contributed by atoms with Gasteiger partial charge in [0.2, 0.25) is 0 Å². The summed E-state index contributed by atoms with van der Waals surface area (Å²) < 4.78 is 0. The van der Waals surface area contributed by atoms with Gasteiger partial charge in [0.1, 0.15) is 0 Å². The van der Waals surface area contributed by atoms with Crippen molar-refractivity contribution in [1.29, 1.82) is 0 Å². The van der Waals surface area contributed by atoms with Gasteiger partial charge in [0.25, 0.3) is 0 Å². The Morgan fingerprint density at radius 3 is 1.00 bits per heavy atom. The van der Waals surface area contributed by atoms with Gasteiger partial charge in [-0.2, -0.15) is 0 Å². The first-order valence-corrected chi connectivity index (χ1v) is 2.68. The second-order valence-corrected chi connectivity index (χ2v) is 1.80. The van der Waals surface area contributed by atoms with Crippen LogP contribution in [-0.4, -0.2) is 68.6 Å². The van der Waals surface area contributed by atoms with Crippen molar-refractivity contribution in [3.63, 3.8) is 0 Å². The van der Waals surface area contributed by atoms with Gasteiger partial charge in [0.05, 0.1) is 0 Å². The predicted octanol–water partition coefficient (Wildman–Crippen LogP) is -3.95. The molecule has 0 fully saturated rings. The van der Waals surface area contributed by atoms with E-state index in [0.29, 0.717) is 0 Å². The first-order chi connectivity index (χ1) is 2.00. The van der Waals surface area contributed by atoms with Crippen LogP contribution in [0.3, 0.4) is 0 Å². The smallest absolute Gasteiger partial charge is 1.00 e. The zero-order valence-corrected chi connectivity index (χ0v) is 9.08. The second kappa shape index (κ2) is 8.98. The van der Waals surface area contributed by atoms with Gasteiger partial charge in [-0.05, 0) is 0 Å². The van der Waals surface area contributed by atoms with Gasteiger partial charge in [-0.25, -0.2) is 0 Å². The molecule has 0 aromatic rings. The van der Waals surface area contributed by atoms with Crippen LogP contribution in [0, 0.1) is 0 Å². The molecule has 0 aromatic heterocycles. The van der Waals surface area contributed by atoms with Crippen molar-refractivity contribution in [3.05, 3.63) is 0 Å². The third-order valence-electron chi connectivity index (χ3n) is 0. The van der Waals surface area contributed by atoms with E-state index in [-0.39, 0.29) is 62.7 Å². The van der Waals surface area contributed by atoms with Crippen LogP contribution in [0.5, 0.6) is 0 Å². The van der Waals surface area contributed by atoms with Gasteiger partial charge in [-0.15, -0.1) is 0 Å². The normalized spacial score (nSPS) is 7.50. The minimum Gasteiger partial charge on any atom is -1.00 e. The van der Waals surface area contributed by atoms with Crippen molar-refractivity contribution in [3.8, 4) is 0 Å². The quantitative estimate of drug-likeness (QED) is 0.313. The Balaban J connectivity index is -0.00000000800. The Bertz CT molecular complexity index is 38.7. The SMILES string of the molecule is O[Si](O)(O)O.[AlH3].[H-].[H-].[Mg+2].[Zn]. The van der Waals surface area contributed by atoms with Crippen LogP contribution in [0.1, 0.15) is 2.85 Å². The molecule has 0 aliphatic carbocycles. The van der Waals surface area contributed by atoms with Gasteiger partial charge < -0.3 is 22.0 Å². The molecule has 4 N–H and O–H groups in total. The van der Waals surface area contributed by atoms with E-state index in [9.17, 15) is 0 Å².